The molecule has 2 amide bonds. The number of aryl methyl sites for hydroxylation is 1. The van der Waals surface area contributed by atoms with Gasteiger partial charge in [-0.3, -0.25) is 19.1 Å². The first kappa shape index (κ1) is 31.9. The van der Waals surface area contributed by atoms with E-state index in [2.05, 4.69) is 36.3 Å². The normalized spacial score (nSPS) is 14.0. The molecule has 42 heavy (non-hydrogen) atoms. The van der Waals surface area contributed by atoms with Gasteiger partial charge < -0.3 is 15.3 Å². The molecule has 1 aliphatic rings. The van der Waals surface area contributed by atoms with E-state index in [-0.39, 0.29) is 24.4 Å². The number of terminal acetylenes is 1. The molecule has 3 aromatic carbocycles. The van der Waals surface area contributed by atoms with E-state index >= 15 is 0 Å². The van der Waals surface area contributed by atoms with E-state index in [0.29, 0.717) is 10.6 Å². The molecule has 0 unspecified atom stereocenters. The fourth-order valence-corrected chi connectivity index (χ4v) is 4.79. The SMILES string of the molecule is C#C.CC(=O)Nc1ccc(Cl)cc1.C[C@H]1CCc2ccccc2N1C(=O)c1ccc2c(cnn2CC(C)(C)C(=O)O)c1. The van der Waals surface area contributed by atoms with Crippen LogP contribution < -0.4 is 10.2 Å². The highest BCUT2D eigenvalue weighted by molar-refractivity contribution is 6.30. The van der Waals surface area contributed by atoms with Crippen molar-refractivity contribution in [3.8, 4) is 12.8 Å². The number of nitrogens with zero attached hydrogens (tertiary/aromatic N) is 3. The molecule has 2 N–H and O–H groups in total. The van der Waals surface area contributed by atoms with Crippen molar-refractivity contribution in [3.63, 3.8) is 0 Å². The fraction of sp³-hybridized carbons (Fsp3) is 0.273. The Bertz CT molecular complexity index is 1590. The smallest absolute Gasteiger partial charge is 0.310 e. The Balaban J connectivity index is 0.000000313. The summed E-state index contributed by atoms with van der Waals surface area (Å²) in [6, 6.07) is 20.7. The Labute approximate surface area is 251 Å². The summed E-state index contributed by atoms with van der Waals surface area (Å²) in [5, 5.41) is 17.9. The van der Waals surface area contributed by atoms with Crippen molar-refractivity contribution < 1.29 is 19.5 Å². The van der Waals surface area contributed by atoms with Gasteiger partial charge in [-0.25, -0.2) is 0 Å². The monoisotopic (exact) mass is 586 g/mol. The van der Waals surface area contributed by atoms with Crippen molar-refractivity contribution in [2.45, 2.75) is 53.1 Å². The molecule has 8 nitrogen and oxygen atoms in total. The van der Waals surface area contributed by atoms with Crippen molar-refractivity contribution in [1.29, 1.82) is 0 Å². The predicted molar refractivity (Wildman–Crippen MR) is 168 cm³/mol. The summed E-state index contributed by atoms with van der Waals surface area (Å²) in [7, 11) is 0. The van der Waals surface area contributed by atoms with Crippen LogP contribution in [0.5, 0.6) is 0 Å². The Morgan fingerprint density at radius 2 is 1.74 bits per heavy atom. The number of benzene rings is 3. The first-order valence-corrected chi connectivity index (χ1v) is 13.8. The first-order valence-electron chi connectivity index (χ1n) is 13.4. The number of hydrogen-bond acceptors (Lipinski definition) is 4. The molecule has 0 saturated heterocycles. The molecule has 0 bridgehead atoms. The highest BCUT2D eigenvalue weighted by Gasteiger charge is 2.30. The number of anilines is 2. The van der Waals surface area contributed by atoms with Crippen molar-refractivity contribution in [1.82, 2.24) is 9.78 Å². The number of fused-ring (bicyclic) bond motifs is 2. The molecule has 0 spiro atoms. The third-order valence-corrected chi connectivity index (χ3v) is 7.17. The van der Waals surface area contributed by atoms with Crippen molar-refractivity contribution in [2.24, 2.45) is 5.41 Å². The third-order valence-electron chi connectivity index (χ3n) is 6.92. The molecular formula is C33H35ClN4O4. The summed E-state index contributed by atoms with van der Waals surface area (Å²) < 4.78 is 1.69. The zero-order valence-corrected chi connectivity index (χ0v) is 24.9. The number of halogens is 1. The summed E-state index contributed by atoms with van der Waals surface area (Å²) in [5.74, 6) is -0.969. The lowest BCUT2D eigenvalue weighted by molar-refractivity contribution is -0.147. The number of rotatable bonds is 5. The Hall–Kier alpha value is -4.61. The number of hydrogen-bond donors (Lipinski definition) is 2. The van der Waals surface area contributed by atoms with Gasteiger partial charge >= 0.3 is 5.97 Å². The fourth-order valence-electron chi connectivity index (χ4n) is 4.66. The topological polar surface area (TPSA) is 105 Å². The van der Waals surface area contributed by atoms with Crippen LogP contribution in [0.1, 0.15) is 50.0 Å². The third kappa shape index (κ3) is 7.56. The number of aromatic nitrogens is 2. The molecule has 1 atom stereocenters. The number of nitrogens with one attached hydrogen (secondary N) is 1. The molecule has 0 fully saturated rings. The van der Waals surface area contributed by atoms with Gasteiger partial charge in [-0.05, 0) is 87.7 Å². The van der Waals surface area contributed by atoms with Gasteiger partial charge in [0.05, 0.1) is 23.7 Å². The van der Waals surface area contributed by atoms with Gasteiger partial charge in [-0.15, -0.1) is 12.8 Å². The Morgan fingerprint density at radius 1 is 1.07 bits per heavy atom. The minimum atomic E-state index is -0.930. The molecule has 0 aliphatic carbocycles. The standard InChI is InChI=1S/C23H25N3O3.C8H8ClNO.C2H2/c1-15-8-9-16-6-4-5-7-20(16)26(15)21(27)17-10-11-19-18(12-17)13-24-25(19)14-23(2,3)22(28)29;1-6(11)10-8-4-2-7(9)3-5-8;1-2/h4-7,10-13,15H,8-9,14H2,1-3H3,(H,28,29);2-5H,1H3,(H,10,11);1-2H/t15-;;/m0../s1. The number of amides is 2. The Kier molecular flexibility index (Phi) is 10.5. The minimum absolute atomic E-state index is 0.0230. The van der Waals surface area contributed by atoms with Crippen molar-refractivity contribution >= 4 is 51.7 Å². The van der Waals surface area contributed by atoms with E-state index in [1.165, 1.54) is 12.5 Å². The first-order chi connectivity index (χ1) is 20.0. The van der Waals surface area contributed by atoms with E-state index in [0.717, 1.165) is 35.1 Å². The van der Waals surface area contributed by atoms with Crippen LogP contribution in [-0.4, -0.2) is 38.7 Å². The van der Waals surface area contributed by atoms with Gasteiger partial charge in [0.2, 0.25) is 5.91 Å². The van der Waals surface area contributed by atoms with Gasteiger partial charge in [0.25, 0.3) is 5.91 Å². The summed E-state index contributed by atoms with van der Waals surface area (Å²) >= 11 is 5.64. The van der Waals surface area contributed by atoms with Gasteiger partial charge in [0.1, 0.15) is 0 Å². The highest BCUT2D eigenvalue weighted by Crippen LogP contribution is 2.32. The van der Waals surface area contributed by atoms with E-state index in [1.54, 1.807) is 55.1 Å². The number of carbonyl (C=O) groups excluding carboxylic acids is 2. The zero-order chi connectivity index (χ0) is 31.0. The van der Waals surface area contributed by atoms with Gasteiger partial charge in [-0.1, -0.05) is 29.8 Å². The van der Waals surface area contributed by atoms with Crippen LogP contribution in [0.3, 0.4) is 0 Å². The second-order valence-electron chi connectivity index (χ2n) is 10.6. The van der Waals surface area contributed by atoms with Crippen molar-refractivity contribution in [3.05, 3.63) is 89.1 Å². The van der Waals surface area contributed by atoms with E-state index < -0.39 is 11.4 Å². The summed E-state index contributed by atoms with van der Waals surface area (Å²) in [5.41, 5.74) is 3.45. The maximum absolute atomic E-state index is 13.4. The molecule has 5 rings (SSSR count). The molecule has 1 aliphatic heterocycles. The maximum atomic E-state index is 13.4. The van der Waals surface area contributed by atoms with Gasteiger partial charge in [0, 0.05) is 40.3 Å². The summed E-state index contributed by atoms with van der Waals surface area (Å²) in [4.78, 5) is 37.2. The highest BCUT2D eigenvalue weighted by atomic mass is 35.5. The number of carbonyl (C=O) groups is 3. The second-order valence-corrected chi connectivity index (χ2v) is 11.1. The van der Waals surface area contributed by atoms with Crippen LogP contribution in [0.4, 0.5) is 11.4 Å². The number of aliphatic carboxylic acids is 1. The van der Waals surface area contributed by atoms with Crippen molar-refractivity contribution in [2.75, 3.05) is 10.2 Å². The zero-order valence-electron chi connectivity index (χ0n) is 24.2. The van der Waals surface area contributed by atoms with Crippen LogP contribution >= 0.6 is 11.6 Å². The van der Waals surface area contributed by atoms with E-state index in [9.17, 15) is 19.5 Å². The molecule has 0 radical (unpaired) electrons. The van der Waals surface area contributed by atoms with Crippen LogP contribution in [0.2, 0.25) is 5.02 Å². The second kappa shape index (κ2) is 13.8. The van der Waals surface area contributed by atoms with Crippen LogP contribution in [0, 0.1) is 18.3 Å². The molecule has 1 aromatic heterocycles. The van der Waals surface area contributed by atoms with E-state index in [4.69, 9.17) is 11.6 Å². The Morgan fingerprint density at radius 3 is 2.38 bits per heavy atom. The van der Waals surface area contributed by atoms with Crippen LogP contribution in [0.25, 0.3) is 10.9 Å². The quantitative estimate of drug-likeness (QED) is 0.254. The van der Waals surface area contributed by atoms with Crippen LogP contribution in [-0.2, 0) is 22.6 Å². The molecular weight excluding hydrogens is 552 g/mol. The summed E-state index contributed by atoms with van der Waals surface area (Å²) in [6.07, 6.45) is 11.6. The molecule has 2 heterocycles. The lowest BCUT2D eigenvalue weighted by Crippen LogP contribution is -2.42. The van der Waals surface area contributed by atoms with E-state index in [1.807, 2.05) is 35.2 Å². The molecule has 4 aromatic rings. The van der Waals surface area contributed by atoms with Gasteiger partial charge in [0.15, 0.2) is 0 Å². The lowest BCUT2D eigenvalue weighted by Gasteiger charge is -2.35. The average molecular weight is 587 g/mol. The number of para-hydroxylation sites is 1. The molecule has 0 saturated carbocycles. The minimum Gasteiger partial charge on any atom is -0.481 e. The lowest BCUT2D eigenvalue weighted by atomic mass is 9.94. The molecule has 218 valence electrons. The maximum Gasteiger partial charge on any atom is 0.310 e. The predicted octanol–water partition coefficient (Wildman–Crippen LogP) is 6.68. The number of carboxylic acids is 1. The van der Waals surface area contributed by atoms with Gasteiger partial charge in [-0.2, -0.15) is 5.10 Å². The summed E-state index contributed by atoms with van der Waals surface area (Å²) in [6.45, 7) is 7.16. The largest absolute Gasteiger partial charge is 0.481 e. The average Bonchev–Trinajstić information content (AvgIpc) is 3.36. The molecule has 9 heteroatoms. The number of carboxylic acid groups (broad SMARTS) is 1. The van der Waals surface area contributed by atoms with Crippen LogP contribution in [0.15, 0.2) is 72.9 Å².